The lowest BCUT2D eigenvalue weighted by molar-refractivity contribution is 0.372. The summed E-state index contributed by atoms with van der Waals surface area (Å²) in [4.78, 5) is 17.0. The van der Waals surface area contributed by atoms with Crippen LogP contribution in [0.25, 0.3) is 0 Å². The lowest BCUT2D eigenvalue weighted by Gasteiger charge is -2.07. The van der Waals surface area contributed by atoms with E-state index in [4.69, 9.17) is 14.3 Å². The Hall–Kier alpha value is -0.720. The van der Waals surface area contributed by atoms with E-state index in [1.54, 1.807) is 0 Å². The van der Waals surface area contributed by atoms with Gasteiger partial charge in [0.2, 0.25) is 0 Å². The van der Waals surface area contributed by atoms with Gasteiger partial charge in [0.15, 0.2) is 0 Å². The van der Waals surface area contributed by atoms with Crippen LogP contribution in [-0.4, -0.2) is 28.9 Å². The molecular formula is C8H11O6PS. The van der Waals surface area contributed by atoms with Gasteiger partial charge in [-0.15, -0.1) is 0 Å². The lowest BCUT2D eigenvalue weighted by Crippen LogP contribution is -2.04. The third-order valence-electron chi connectivity index (χ3n) is 1.92. The summed E-state index contributed by atoms with van der Waals surface area (Å²) in [6.07, 6.45) is -0.570. The maximum atomic E-state index is 10.9. The molecule has 0 amide bonds. The molecule has 0 aliphatic rings. The average Bonchev–Trinajstić information content (AvgIpc) is 2.12. The van der Waals surface area contributed by atoms with Crippen molar-refractivity contribution in [2.24, 2.45) is 0 Å². The van der Waals surface area contributed by atoms with Gasteiger partial charge in [-0.25, -0.2) is 0 Å². The van der Waals surface area contributed by atoms with Gasteiger partial charge in [-0.05, 0) is 18.1 Å². The Kier molecular flexibility index (Phi) is 3.88. The highest BCUT2D eigenvalue weighted by Gasteiger charge is 2.18. The smallest absolute Gasteiger partial charge is 0.324 e. The Bertz CT molecular complexity index is 517. The molecule has 0 unspecified atom stereocenters. The fourth-order valence-corrected chi connectivity index (χ4v) is 2.51. The molecule has 0 atom stereocenters. The lowest BCUT2D eigenvalue weighted by atomic mass is 10.2. The maximum Gasteiger partial charge on any atom is 0.325 e. The summed E-state index contributed by atoms with van der Waals surface area (Å²) < 4.78 is 41.4. The minimum absolute atomic E-state index is 0.111. The highest BCUT2D eigenvalue weighted by molar-refractivity contribution is 7.85. The molecule has 3 N–H and O–H groups in total. The van der Waals surface area contributed by atoms with E-state index in [0.717, 1.165) is 0 Å². The summed E-state index contributed by atoms with van der Waals surface area (Å²) >= 11 is 0. The minimum Gasteiger partial charge on any atom is -0.324 e. The molecule has 0 saturated heterocycles. The predicted octanol–water partition coefficient (Wildman–Crippen LogP) is 0.653. The quantitative estimate of drug-likeness (QED) is 0.545. The zero-order chi connectivity index (χ0) is 12.4. The zero-order valence-electron chi connectivity index (χ0n) is 8.15. The van der Waals surface area contributed by atoms with E-state index in [1.807, 2.05) is 0 Å². The first kappa shape index (κ1) is 13.3. The number of benzene rings is 1. The second kappa shape index (κ2) is 4.65. The zero-order valence-corrected chi connectivity index (χ0v) is 9.86. The summed E-state index contributed by atoms with van der Waals surface area (Å²) in [5.41, 5.74) is 0.188. The van der Waals surface area contributed by atoms with Crippen LogP contribution in [0.1, 0.15) is 5.56 Å². The van der Waals surface area contributed by atoms with Crippen molar-refractivity contribution in [3.05, 3.63) is 29.8 Å². The summed E-state index contributed by atoms with van der Waals surface area (Å²) in [7, 11) is -8.53. The fourth-order valence-electron chi connectivity index (χ4n) is 1.23. The number of aryl methyl sites for hydroxylation is 1. The van der Waals surface area contributed by atoms with Crippen LogP contribution in [0.4, 0.5) is 0 Å². The van der Waals surface area contributed by atoms with Gasteiger partial charge in [-0.1, -0.05) is 18.2 Å². The van der Waals surface area contributed by atoms with Gasteiger partial charge in [0.05, 0.1) is 11.1 Å². The van der Waals surface area contributed by atoms with Crippen LogP contribution in [0.3, 0.4) is 0 Å². The molecule has 16 heavy (non-hydrogen) atoms. The highest BCUT2D eigenvalue weighted by Crippen LogP contribution is 2.35. The number of rotatable bonds is 4. The number of hydrogen-bond donors (Lipinski definition) is 3. The summed E-state index contributed by atoms with van der Waals surface area (Å²) in [5, 5.41) is 0. The number of hydrogen-bond acceptors (Lipinski definition) is 3. The predicted molar refractivity (Wildman–Crippen MR) is 56.9 cm³/mol. The van der Waals surface area contributed by atoms with Crippen LogP contribution < -0.4 is 0 Å². The Morgan fingerprint density at radius 3 is 2.25 bits per heavy atom. The largest absolute Gasteiger partial charge is 0.325 e. The van der Waals surface area contributed by atoms with Gasteiger partial charge < -0.3 is 9.79 Å². The SMILES string of the molecule is O=P(O)(O)CCc1ccccc1S(=O)(=O)O. The van der Waals surface area contributed by atoms with E-state index in [-0.39, 0.29) is 16.9 Å². The molecule has 0 heterocycles. The second-order valence-electron chi connectivity index (χ2n) is 3.22. The van der Waals surface area contributed by atoms with Gasteiger partial charge in [-0.3, -0.25) is 9.12 Å². The van der Waals surface area contributed by atoms with Crippen LogP contribution in [-0.2, 0) is 21.1 Å². The van der Waals surface area contributed by atoms with E-state index in [1.165, 1.54) is 24.3 Å². The van der Waals surface area contributed by atoms with Crippen molar-refractivity contribution >= 4 is 17.7 Å². The van der Waals surface area contributed by atoms with Crippen molar-refractivity contribution < 1.29 is 27.3 Å². The first-order valence-electron chi connectivity index (χ1n) is 4.30. The van der Waals surface area contributed by atoms with Gasteiger partial charge in [0.1, 0.15) is 0 Å². The molecule has 0 bridgehead atoms. The fraction of sp³-hybridized carbons (Fsp3) is 0.250. The van der Waals surface area contributed by atoms with E-state index in [2.05, 4.69) is 0 Å². The molecule has 8 heteroatoms. The Balaban J connectivity index is 3.02. The molecule has 1 aromatic rings. The third-order valence-corrected chi connectivity index (χ3v) is 3.68. The van der Waals surface area contributed by atoms with E-state index < -0.39 is 23.9 Å². The molecule has 0 saturated carbocycles. The van der Waals surface area contributed by atoms with Crippen LogP contribution in [0.2, 0.25) is 0 Å². The first-order valence-corrected chi connectivity index (χ1v) is 7.54. The molecule has 90 valence electrons. The van der Waals surface area contributed by atoms with Crippen molar-refractivity contribution in [1.82, 2.24) is 0 Å². The Morgan fingerprint density at radius 2 is 1.75 bits per heavy atom. The van der Waals surface area contributed by atoms with E-state index in [9.17, 15) is 13.0 Å². The summed E-state index contributed by atoms with van der Waals surface area (Å²) in [5.74, 6) is 0. The topological polar surface area (TPSA) is 112 Å². The van der Waals surface area contributed by atoms with Crippen molar-refractivity contribution in [3.8, 4) is 0 Å². The Labute approximate surface area is 92.8 Å². The molecule has 0 aromatic heterocycles. The standard InChI is InChI=1S/C8H11O6PS/c9-15(10,11)6-5-7-3-1-2-4-8(7)16(12,13)14/h1-4H,5-6H2,(H2,9,10,11)(H,12,13,14). The van der Waals surface area contributed by atoms with Gasteiger partial charge in [-0.2, -0.15) is 8.42 Å². The van der Waals surface area contributed by atoms with Crippen LogP contribution in [0.15, 0.2) is 29.2 Å². The van der Waals surface area contributed by atoms with E-state index in [0.29, 0.717) is 0 Å². The average molecular weight is 266 g/mol. The molecule has 6 nitrogen and oxygen atoms in total. The van der Waals surface area contributed by atoms with Crippen LogP contribution in [0, 0.1) is 0 Å². The van der Waals surface area contributed by atoms with Gasteiger partial charge in [0.25, 0.3) is 10.1 Å². The molecular weight excluding hydrogens is 255 g/mol. The molecule has 0 aliphatic carbocycles. The third kappa shape index (κ3) is 4.03. The van der Waals surface area contributed by atoms with Crippen molar-refractivity contribution in [1.29, 1.82) is 0 Å². The van der Waals surface area contributed by atoms with Gasteiger partial charge >= 0.3 is 7.60 Å². The van der Waals surface area contributed by atoms with Crippen LogP contribution >= 0.6 is 7.60 Å². The van der Waals surface area contributed by atoms with Crippen molar-refractivity contribution in [2.45, 2.75) is 11.3 Å². The summed E-state index contributed by atoms with van der Waals surface area (Å²) in [6, 6.07) is 5.54. The molecule has 0 radical (unpaired) electrons. The molecule has 1 aromatic carbocycles. The van der Waals surface area contributed by atoms with Gasteiger partial charge in [0, 0.05) is 0 Å². The normalized spacial score (nSPS) is 12.7. The molecule has 1 rings (SSSR count). The van der Waals surface area contributed by atoms with Crippen molar-refractivity contribution in [2.75, 3.05) is 6.16 Å². The highest BCUT2D eigenvalue weighted by atomic mass is 32.2. The molecule has 0 fully saturated rings. The molecule has 0 aliphatic heterocycles. The Morgan fingerprint density at radius 1 is 1.19 bits per heavy atom. The van der Waals surface area contributed by atoms with Crippen LogP contribution in [0.5, 0.6) is 0 Å². The first-order chi connectivity index (χ1) is 7.20. The second-order valence-corrected chi connectivity index (χ2v) is 6.39. The maximum absolute atomic E-state index is 10.9. The minimum atomic E-state index is -4.35. The molecule has 0 spiro atoms. The summed E-state index contributed by atoms with van der Waals surface area (Å²) in [6.45, 7) is 0. The van der Waals surface area contributed by atoms with Crippen molar-refractivity contribution in [3.63, 3.8) is 0 Å². The monoisotopic (exact) mass is 266 g/mol. The van der Waals surface area contributed by atoms with E-state index >= 15 is 0 Å².